The number of anilines is 1. The van der Waals surface area contributed by atoms with Crippen molar-refractivity contribution in [2.24, 2.45) is 10.7 Å². The van der Waals surface area contributed by atoms with Gasteiger partial charge in [0.05, 0.1) is 23.8 Å². The summed E-state index contributed by atoms with van der Waals surface area (Å²) in [6, 6.07) is 12.4. The Morgan fingerprint density at radius 3 is 2.66 bits per heavy atom. The van der Waals surface area contributed by atoms with E-state index in [-0.39, 0.29) is 30.5 Å². The van der Waals surface area contributed by atoms with Crippen LogP contribution in [-0.2, 0) is 11.3 Å². The molecule has 0 fully saturated rings. The zero-order valence-electron chi connectivity index (χ0n) is 20.9. The summed E-state index contributed by atoms with van der Waals surface area (Å²) in [4.78, 5) is 29.5. The second-order valence-corrected chi connectivity index (χ2v) is 9.01. The van der Waals surface area contributed by atoms with Gasteiger partial charge in [-0.15, -0.1) is 0 Å². The molecule has 198 valence electrons. The Morgan fingerprint density at radius 2 is 1.87 bits per heavy atom. The first-order valence-corrected chi connectivity index (χ1v) is 12.5. The van der Waals surface area contributed by atoms with Crippen LogP contribution in [0.1, 0.15) is 34.5 Å². The van der Waals surface area contributed by atoms with Gasteiger partial charge in [0.1, 0.15) is 29.4 Å². The normalized spacial score (nSPS) is 16.6. The van der Waals surface area contributed by atoms with E-state index in [0.717, 1.165) is 18.4 Å². The number of aromatic nitrogens is 1. The molecule has 5 heterocycles. The number of ether oxygens (including phenoxy) is 1. The highest BCUT2D eigenvalue weighted by Gasteiger charge is 2.22. The van der Waals surface area contributed by atoms with Crippen molar-refractivity contribution in [1.82, 2.24) is 15.8 Å². The van der Waals surface area contributed by atoms with Crippen LogP contribution in [0.15, 0.2) is 64.1 Å². The molecule has 1 aromatic heterocycles. The van der Waals surface area contributed by atoms with Crippen molar-refractivity contribution in [3.05, 3.63) is 76.5 Å². The summed E-state index contributed by atoms with van der Waals surface area (Å²) in [7, 11) is 0. The predicted molar refractivity (Wildman–Crippen MR) is 146 cm³/mol. The minimum atomic E-state index is -0.489. The van der Waals surface area contributed by atoms with E-state index in [2.05, 4.69) is 26.1 Å². The number of guanidine groups is 1. The number of nitrogens with zero attached hydrogens (tertiary/aromatic N) is 2. The van der Waals surface area contributed by atoms with Gasteiger partial charge in [-0.3, -0.25) is 14.9 Å². The van der Waals surface area contributed by atoms with E-state index < -0.39 is 5.91 Å². The zero-order valence-corrected chi connectivity index (χ0v) is 21.7. The van der Waals surface area contributed by atoms with Gasteiger partial charge in [0.15, 0.2) is 5.96 Å². The SMILES string of the molecule is Cc1onc2c1C(=O)NC(N)=NCc1ccc(c(Cl)c1)NC(=O)CNCCC/C=C\COc1ccc-2cc1. The molecule has 0 radical (unpaired) electrons. The lowest BCUT2D eigenvalue weighted by molar-refractivity contribution is -0.115. The lowest BCUT2D eigenvalue weighted by Gasteiger charge is -2.10. The monoisotopic (exact) mass is 536 g/mol. The number of aryl methyl sites for hydroxylation is 1. The number of aliphatic imine (C=N–C) groups is 1. The maximum atomic E-state index is 13.0. The highest BCUT2D eigenvalue weighted by molar-refractivity contribution is 6.33. The molecule has 38 heavy (non-hydrogen) atoms. The third-order valence-corrected chi connectivity index (χ3v) is 6.03. The number of halogens is 1. The number of benzene rings is 2. The van der Waals surface area contributed by atoms with Crippen molar-refractivity contribution in [3.63, 3.8) is 0 Å². The van der Waals surface area contributed by atoms with E-state index in [1.54, 1.807) is 37.3 Å². The topological polar surface area (TPSA) is 144 Å². The Hall–Kier alpha value is -4.15. The molecule has 0 spiro atoms. The minimum absolute atomic E-state index is 0.0700. The standard InChI is InChI=1S/C27H29ClN6O4/c1-17-24-25(34-38-17)19-7-9-20(10-8-19)37-13-5-3-2-4-12-30-16-23(35)32-22-11-6-18(14-21(22)28)15-31-27(29)33-26(24)36/h3,5-11,14,30H,2,4,12-13,15-16H2,1H3,(H,32,35)(H3,29,31,33,36)/b5-3-. The largest absolute Gasteiger partial charge is 0.490 e. The van der Waals surface area contributed by atoms with Crippen molar-refractivity contribution in [2.75, 3.05) is 25.0 Å². The van der Waals surface area contributed by atoms with Gasteiger partial charge in [-0.25, -0.2) is 4.99 Å². The van der Waals surface area contributed by atoms with Crippen molar-refractivity contribution < 1.29 is 18.8 Å². The first-order valence-electron chi connectivity index (χ1n) is 12.2. The van der Waals surface area contributed by atoms with Gasteiger partial charge in [0.25, 0.3) is 5.91 Å². The van der Waals surface area contributed by atoms with Gasteiger partial charge < -0.3 is 25.6 Å². The summed E-state index contributed by atoms with van der Waals surface area (Å²) < 4.78 is 11.1. The second kappa shape index (κ2) is 12.9. The quantitative estimate of drug-likeness (QED) is 0.320. The van der Waals surface area contributed by atoms with Gasteiger partial charge in [-0.1, -0.05) is 35.0 Å². The second-order valence-electron chi connectivity index (χ2n) is 8.61. The Morgan fingerprint density at radius 1 is 1.05 bits per heavy atom. The fourth-order valence-corrected chi connectivity index (χ4v) is 4.02. The molecule has 0 saturated carbocycles. The molecular weight excluding hydrogens is 508 g/mol. The maximum Gasteiger partial charge on any atom is 0.263 e. The average molecular weight is 537 g/mol. The molecule has 0 aliphatic carbocycles. The maximum absolute atomic E-state index is 13.0. The Bertz CT molecular complexity index is 1350. The molecule has 7 rings (SSSR count). The van der Waals surface area contributed by atoms with Crippen LogP contribution >= 0.6 is 11.6 Å². The number of amides is 2. The Balaban J connectivity index is 1.55. The lowest BCUT2D eigenvalue weighted by atomic mass is 10.1. The molecule has 0 saturated heterocycles. The third-order valence-electron chi connectivity index (χ3n) is 5.72. The van der Waals surface area contributed by atoms with Crippen molar-refractivity contribution >= 4 is 35.1 Å². The van der Waals surface area contributed by atoms with Crippen molar-refractivity contribution in [2.45, 2.75) is 26.3 Å². The Kier molecular flexibility index (Phi) is 9.12. The Labute approximate surface area is 225 Å². The number of allylic oxidation sites excluding steroid dienone is 1. The highest BCUT2D eigenvalue weighted by atomic mass is 35.5. The summed E-state index contributed by atoms with van der Waals surface area (Å²) >= 11 is 6.35. The molecule has 2 aromatic carbocycles. The van der Waals surface area contributed by atoms with E-state index >= 15 is 0 Å². The number of rotatable bonds is 0. The smallest absolute Gasteiger partial charge is 0.263 e. The number of hydrogen-bond acceptors (Lipinski definition) is 8. The van der Waals surface area contributed by atoms with Crippen molar-refractivity contribution in [1.29, 1.82) is 0 Å². The summed E-state index contributed by atoms with van der Waals surface area (Å²) in [6.07, 6.45) is 5.73. The van der Waals surface area contributed by atoms with Crippen molar-refractivity contribution in [3.8, 4) is 17.0 Å². The van der Waals surface area contributed by atoms with Crippen LogP contribution in [0.3, 0.4) is 0 Å². The molecular formula is C27H29ClN6O4. The van der Waals surface area contributed by atoms with E-state index in [1.165, 1.54) is 0 Å². The van der Waals surface area contributed by atoms with Crippen LogP contribution in [0.2, 0.25) is 5.02 Å². The number of hydrogen-bond donors (Lipinski definition) is 4. The first-order chi connectivity index (χ1) is 18.4. The van der Waals surface area contributed by atoms with Gasteiger partial charge in [0.2, 0.25) is 5.91 Å². The molecule has 3 aromatic rings. The van der Waals surface area contributed by atoms with Crippen LogP contribution in [0.25, 0.3) is 11.3 Å². The number of carbonyl (C=O) groups is 2. The van der Waals surface area contributed by atoms with Crippen LogP contribution < -0.4 is 26.4 Å². The summed E-state index contributed by atoms with van der Waals surface area (Å²) in [5.74, 6) is 0.284. The third kappa shape index (κ3) is 7.21. The number of carbonyl (C=O) groups excluding carboxylic acids is 2. The number of nitrogens with two attached hydrogens (primary N) is 1. The summed E-state index contributed by atoms with van der Waals surface area (Å²) in [5, 5.41) is 12.9. The average Bonchev–Trinajstić information content (AvgIpc) is 3.29. The van der Waals surface area contributed by atoms with Crippen LogP contribution in [-0.4, -0.2) is 42.6 Å². The van der Waals surface area contributed by atoms with Gasteiger partial charge in [0, 0.05) is 5.56 Å². The van der Waals surface area contributed by atoms with Crippen LogP contribution in [0.4, 0.5) is 5.69 Å². The number of nitrogens with one attached hydrogen (secondary N) is 3. The molecule has 11 heteroatoms. The molecule has 2 amide bonds. The predicted octanol–water partition coefficient (Wildman–Crippen LogP) is 3.81. The van der Waals surface area contributed by atoms with Crippen LogP contribution in [0, 0.1) is 6.92 Å². The molecule has 4 aliphatic rings. The molecule has 4 aliphatic heterocycles. The summed E-state index contributed by atoms with van der Waals surface area (Å²) in [6.45, 7) is 3.12. The fourth-order valence-electron chi connectivity index (χ4n) is 3.77. The minimum Gasteiger partial charge on any atom is -0.490 e. The lowest BCUT2D eigenvalue weighted by Crippen LogP contribution is -2.37. The first kappa shape index (κ1) is 26.9. The van der Waals surface area contributed by atoms with Gasteiger partial charge >= 0.3 is 0 Å². The fraction of sp³-hybridized carbons (Fsp3) is 0.259. The van der Waals surface area contributed by atoms with Crippen LogP contribution in [0.5, 0.6) is 5.75 Å². The summed E-state index contributed by atoms with van der Waals surface area (Å²) in [5.41, 5.74) is 8.58. The van der Waals surface area contributed by atoms with E-state index in [9.17, 15) is 9.59 Å². The molecule has 0 unspecified atom stereocenters. The zero-order chi connectivity index (χ0) is 26.9. The van der Waals surface area contributed by atoms with Gasteiger partial charge in [-0.2, -0.15) is 0 Å². The van der Waals surface area contributed by atoms with E-state index in [1.807, 2.05) is 24.3 Å². The molecule has 5 N–H and O–H groups in total. The van der Waals surface area contributed by atoms with Gasteiger partial charge in [-0.05, 0) is 68.3 Å². The molecule has 0 atom stereocenters. The highest BCUT2D eigenvalue weighted by Crippen LogP contribution is 2.27. The molecule has 10 nitrogen and oxygen atoms in total. The molecule has 4 bridgehead atoms. The van der Waals surface area contributed by atoms with E-state index in [0.29, 0.717) is 46.6 Å². The van der Waals surface area contributed by atoms with E-state index in [4.69, 9.17) is 26.6 Å².